The monoisotopic (exact) mass is 340 g/mol. The lowest BCUT2D eigenvalue weighted by Gasteiger charge is -2.18. The third-order valence-electron chi connectivity index (χ3n) is 5.16. The Kier molecular flexibility index (Phi) is 3.87. The Morgan fingerprint density at radius 2 is 1.88 bits per heavy atom. The van der Waals surface area contributed by atoms with Gasteiger partial charge < -0.3 is 14.7 Å². The molecule has 1 aromatic carbocycles. The van der Waals surface area contributed by atoms with Crippen LogP contribution in [0.15, 0.2) is 28.8 Å². The van der Waals surface area contributed by atoms with Gasteiger partial charge in [-0.25, -0.2) is 0 Å². The van der Waals surface area contributed by atoms with E-state index in [1.807, 2.05) is 49.9 Å². The predicted molar refractivity (Wildman–Crippen MR) is 94.2 cm³/mol. The minimum atomic E-state index is -0.194. The third kappa shape index (κ3) is 2.95. The van der Waals surface area contributed by atoms with Gasteiger partial charge in [0.25, 0.3) is 11.8 Å². The molecule has 1 amide bonds. The molecule has 0 saturated carbocycles. The zero-order valence-corrected chi connectivity index (χ0v) is 15.0. The number of fused-ring (bicyclic) bond motifs is 1. The van der Waals surface area contributed by atoms with E-state index >= 15 is 0 Å². The van der Waals surface area contributed by atoms with E-state index in [1.165, 1.54) is 0 Å². The average molecular weight is 340 g/mol. The summed E-state index contributed by atoms with van der Waals surface area (Å²) in [6.07, 6.45) is 0. The van der Waals surface area contributed by atoms with Gasteiger partial charge in [-0.1, -0.05) is 38.1 Å². The summed E-state index contributed by atoms with van der Waals surface area (Å²) in [4.78, 5) is 19.6. The van der Waals surface area contributed by atoms with Crippen molar-refractivity contribution in [3.05, 3.63) is 35.7 Å². The summed E-state index contributed by atoms with van der Waals surface area (Å²) in [5, 5.41) is 7.50. The van der Waals surface area contributed by atoms with Crippen LogP contribution >= 0.6 is 0 Å². The first-order chi connectivity index (χ1) is 11.9. The summed E-state index contributed by atoms with van der Waals surface area (Å²) in [5.74, 6) is 2.26. The van der Waals surface area contributed by atoms with Crippen molar-refractivity contribution in [3.63, 3.8) is 0 Å². The number of nitrogens with one attached hydrogen (secondary N) is 1. The van der Waals surface area contributed by atoms with Crippen LogP contribution in [0.25, 0.3) is 11.5 Å². The van der Waals surface area contributed by atoms with E-state index in [1.54, 1.807) is 0 Å². The number of carbonyl (C=O) groups is 1. The van der Waals surface area contributed by atoms with Crippen LogP contribution in [-0.4, -0.2) is 47.1 Å². The summed E-state index contributed by atoms with van der Waals surface area (Å²) in [5.41, 5.74) is 1.16. The highest BCUT2D eigenvalue weighted by Gasteiger charge is 2.39. The largest absolute Gasteiger partial charge is 0.338 e. The van der Waals surface area contributed by atoms with E-state index in [2.05, 4.69) is 15.5 Å². The van der Waals surface area contributed by atoms with Crippen LogP contribution in [0.2, 0.25) is 0 Å². The van der Waals surface area contributed by atoms with Crippen LogP contribution in [0.1, 0.15) is 37.0 Å². The molecule has 0 aliphatic carbocycles. The molecule has 0 bridgehead atoms. The van der Waals surface area contributed by atoms with Gasteiger partial charge in [-0.15, -0.1) is 0 Å². The average Bonchev–Trinajstić information content (AvgIpc) is 3.28. The SMILES string of the molecule is CC(C)(C)c1noc(-c2ccccc2C(=O)N2C[C@H]3CNC[C@H]3C2)n1. The Balaban J connectivity index is 1.63. The standard InChI is InChI=1S/C19H24N4O2/c1-19(2,3)18-21-16(25-22-18)14-6-4-5-7-15(14)17(24)23-10-12-8-20-9-13(12)11-23/h4-7,12-13,20H,8-11H2,1-3H3/t12-,13+. The number of aromatic nitrogens is 2. The fourth-order valence-corrected chi connectivity index (χ4v) is 3.69. The second-order valence-corrected chi connectivity index (χ2v) is 8.11. The van der Waals surface area contributed by atoms with Crippen molar-refractivity contribution in [2.24, 2.45) is 11.8 Å². The van der Waals surface area contributed by atoms with Gasteiger partial charge in [-0.3, -0.25) is 4.79 Å². The van der Waals surface area contributed by atoms with Crippen LogP contribution in [-0.2, 0) is 5.41 Å². The molecule has 1 aromatic heterocycles. The van der Waals surface area contributed by atoms with Crippen molar-refractivity contribution in [2.75, 3.05) is 26.2 Å². The Hall–Kier alpha value is -2.21. The van der Waals surface area contributed by atoms with Crippen molar-refractivity contribution < 1.29 is 9.32 Å². The number of hydrogen-bond donors (Lipinski definition) is 1. The molecule has 6 heteroatoms. The van der Waals surface area contributed by atoms with Gasteiger partial charge in [0, 0.05) is 31.6 Å². The predicted octanol–water partition coefficient (Wildman–Crippen LogP) is 2.33. The molecule has 2 aromatic rings. The maximum Gasteiger partial charge on any atom is 0.258 e. The number of amides is 1. The molecular formula is C19H24N4O2. The summed E-state index contributed by atoms with van der Waals surface area (Å²) < 4.78 is 5.46. The van der Waals surface area contributed by atoms with E-state index < -0.39 is 0 Å². The van der Waals surface area contributed by atoms with Crippen molar-refractivity contribution in [1.29, 1.82) is 0 Å². The van der Waals surface area contributed by atoms with Gasteiger partial charge in [-0.2, -0.15) is 4.98 Å². The summed E-state index contributed by atoms with van der Waals surface area (Å²) in [7, 11) is 0. The molecular weight excluding hydrogens is 316 g/mol. The maximum absolute atomic E-state index is 13.1. The van der Waals surface area contributed by atoms with E-state index in [4.69, 9.17) is 4.52 Å². The number of benzene rings is 1. The molecule has 2 aliphatic heterocycles. The molecule has 3 heterocycles. The first-order valence-corrected chi connectivity index (χ1v) is 8.87. The van der Waals surface area contributed by atoms with Crippen LogP contribution in [0, 0.1) is 11.8 Å². The van der Waals surface area contributed by atoms with Gasteiger partial charge in [0.05, 0.1) is 11.1 Å². The smallest absolute Gasteiger partial charge is 0.258 e. The van der Waals surface area contributed by atoms with E-state index in [0.717, 1.165) is 26.2 Å². The zero-order chi connectivity index (χ0) is 17.6. The molecule has 0 radical (unpaired) electrons. The molecule has 4 rings (SSSR count). The van der Waals surface area contributed by atoms with Gasteiger partial charge in [0.1, 0.15) is 0 Å². The maximum atomic E-state index is 13.1. The number of carbonyl (C=O) groups excluding carboxylic acids is 1. The lowest BCUT2D eigenvalue weighted by atomic mass is 9.96. The molecule has 2 atom stereocenters. The van der Waals surface area contributed by atoms with Gasteiger partial charge in [-0.05, 0) is 24.0 Å². The topological polar surface area (TPSA) is 71.3 Å². The normalized spacial score (nSPS) is 23.1. The molecule has 1 N–H and O–H groups in total. The highest BCUT2D eigenvalue weighted by atomic mass is 16.5. The lowest BCUT2D eigenvalue weighted by Crippen LogP contribution is -2.32. The van der Waals surface area contributed by atoms with Gasteiger partial charge in [0.2, 0.25) is 0 Å². The van der Waals surface area contributed by atoms with Crippen molar-refractivity contribution in [1.82, 2.24) is 20.4 Å². The Morgan fingerprint density at radius 1 is 1.20 bits per heavy atom. The highest BCUT2D eigenvalue weighted by molar-refractivity contribution is 6.00. The fraction of sp³-hybridized carbons (Fsp3) is 0.526. The minimum absolute atomic E-state index is 0.0560. The zero-order valence-electron chi connectivity index (χ0n) is 15.0. The van der Waals surface area contributed by atoms with Gasteiger partial charge >= 0.3 is 0 Å². The quantitative estimate of drug-likeness (QED) is 0.908. The van der Waals surface area contributed by atoms with Crippen molar-refractivity contribution in [2.45, 2.75) is 26.2 Å². The van der Waals surface area contributed by atoms with Crippen molar-refractivity contribution in [3.8, 4) is 11.5 Å². The second-order valence-electron chi connectivity index (χ2n) is 8.11. The van der Waals surface area contributed by atoms with Crippen LogP contribution in [0.5, 0.6) is 0 Å². The third-order valence-corrected chi connectivity index (χ3v) is 5.16. The Morgan fingerprint density at radius 3 is 2.52 bits per heavy atom. The number of hydrogen-bond acceptors (Lipinski definition) is 5. The van der Waals surface area contributed by atoms with Crippen LogP contribution in [0.3, 0.4) is 0 Å². The highest BCUT2D eigenvalue weighted by Crippen LogP contribution is 2.31. The summed E-state index contributed by atoms with van der Waals surface area (Å²) in [6.45, 7) is 9.77. The molecule has 0 unspecified atom stereocenters. The summed E-state index contributed by atoms with van der Waals surface area (Å²) >= 11 is 0. The van der Waals surface area contributed by atoms with Crippen LogP contribution in [0.4, 0.5) is 0 Å². The number of likely N-dealkylation sites (tertiary alicyclic amines) is 1. The van der Waals surface area contributed by atoms with Crippen LogP contribution < -0.4 is 5.32 Å². The molecule has 2 saturated heterocycles. The van der Waals surface area contributed by atoms with E-state index in [0.29, 0.717) is 34.7 Å². The molecule has 132 valence electrons. The number of nitrogens with zero attached hydrogens (tertiary/aromatic N) is 3. The van der Waals surface area contributed by atoms with Crippen molar-refractivity contribution >= 4 is 5.91 Å². The first kappa shape index (κ1) is 16.3. The second kappa shape index (κ2) is 5.95. The molecule has 2 fully saturated rings. The fourth-order valence-electron chi connectivity index (χ4n) is 3.69. The van der Waals surface area contributed by atoms with E-state index in [9.17, 15) is 4.79 Å². The Labute approximate surface area is 147 Å². The number of rotatable bonds is 2. The molecule has 2 aliphatic rings. The lowest BCUT2D eigenvalue weighted by molar-refractivity contribution is 0.0782. The van der Waals surface area contributed by atoms with Gasteiger partial charge in [0.15, 0.2) is 5.82 Å². The molecule has 25 heavy (non-hydrogen) atoms. The summed E-state index contributed by atoms with van der Waals surface area (Å²) in [6, 6.07) is 7.52. The Bertz CT molecular complexity index is 781. The molecule has 6 nitrogen and oxygen atoms in total. The minimum Gasteiger partial charge on any atom is -0.338 e. The first-order valence-electron chi connectivity index (χ1n) is 8.87. The molecule has 0 spiro atoms. The van der Waals surface area contributed by atoms with E-state index in [-0.39, 0.29) is 11.3 Å².